The van der Waals surface area contributed by atoms with E-state index in [9.17, 15) is 4.39 Å². The van der Waals surface area contributed by atoms with Crippen LogP contribution in [0.3, 0.4) is 0 Å². The molecule has 4 nitrogen and oxygen atoms in total. The molecule has 118 valence electrons. The van der Waals surface area contributed by atoms with Crippen LogP contribution in [-0.2, 0) is 13.0 Å². The lowest BCUT2D eigenvalue weighted by Gasteiger charge is -2.11. The van der Waals surface area contributed by atoms with Crippen LogP contribution in [0, 0.1) is 5.82 Å². The van der Waals surface area contributed by atoms with Crippen LogP contribution in [0.2, 0.25) is 0 Å². The van der Waals surface area contributed by atoms with Gasteiger partial charge in [-0.3, -0.25) is 0 Å². The average Bonchev–Trinajstić information content (AvgIpc) is 2.55. The van der Waals surface area contributed by atoms with Gasteiger partial charge in [0.1, 0.15) is 5.82 Å². The molecule has 0 aliphatic rings. The van der Waals surface area contributed by atoms with Crippen molar-refractivity contribution in [3.05, 3.63) is 41.3 Å². The first-order valence-electron chi connectivity index (χ1n) is 7.22. The van der Waals surface area contributed by atoms with Crippen LogP contribution in [-0.4, -0.2) is 22.8 Å². The quantitative estimate of drug-likeness (QED) is 0.619. The molecule has 0 radical (unpaired) electrons. The van der Waals surface area contributed by atoms with Crippen molar-refractivity contribution in [2.24, 2.45) is 0 Å². The van der Waals surface area contributed by atoms with Crippen LogP contribution in [0.4, 0.5) is 10.2 Å². The smallest absolute Gasteiger partial charge is 0.189 e. The Kier molecular flexibility index (Phi) is 6.00. The third-order valence-electron chi connectivity index (χ3n) is 3.16. The van der Waals surface area contributed by atoms with Gasteiger partial charge in [0.15, 0.2) is 16.7 Å². The minimum Gasteiger partial charge on any atom is -0.491 e. The van der Waals surface area contributed by atoms with Gasteiger partial charge in [0.2, 0.25) is 0 Å². The van der Waals surface area contributed by atoms with Gasteiger partial charge >= 0.3 is 0 Å². The number of hydrogen-bond donors (Lipinski definition) is 1. The first kappa shape index (κ1) is 16.5. The third kappa shape index (κ3) is 4.10. The summed E-state index contributed by atoms with van der Waals surface area (Å²) in [6.45, 7) is 4.84. The van der Waals surface area contributed by atoms with Crippen LogP contribution in [0.25, 0.3) is 0 Å². The van der Waals surface area contributed by atoms with Gasteiger partial charge in [0, 0.05) is 18.3 Å². The average molecular weight is 321 g/mol. The lowest BCUT2D eigenvalue weighted by Crippen LogP contribution is -2.06. The highest BCUT2D eigenvalue weighted by atomic mass is 32.2. The van der Waals surface area contributed by atoms with E-state index >= 15 is 0 Å². The van der Waals surface area contributed by atoms with Gasteiger partial charge in [0.25, 0.3) is 0 Å². The van der Waals surface area contributed by atoms with Gasteiger partial charge in [-0.05, 0) is 37.3 Å². The SMILES string of the molecule is CCOc1ccc(CNc2nc(SC)ncc2CC)cc1F. The van der Waals surface area contributed by atoms with E-state index in [1.807, 2.05) is 25.4 Å². The molecule has 0 saturated carbocycles. The number of ether oxygens (including phenoxy) is 1. The van der Waals surface area contributed by atoms with Gasteiger partial charge in [0.05, 0.1) is 6.61 Å². The highest BCUT2D eigenvalue weighted by Gasteiger charge is 2.07. The second-order valence-corrected chi connectivity index (χ2v) is 5.41. The Balaban J connectivity index is 2.11. The molecule has 0 saturated heterocycles. The molecule has 0 bridgehead atoms. The minimum atomic E-state index is -0.343. The Morgan fingerprint density at radius 1 is 1.32 bits per heavy atom. The first-order chi connectivity index (χ1) is 10.7. The van der Waals surface area contributed by atoms with E-state index in [0.717, 1.165) is 28.5 Å². The fraction of sp³-hybridized carbons (Fsp3) is 0.375. The summed E-state index contributed by atoms with van der Waals surface area (Å²) in [7, 11) is 0. The molecule has 6 heteroatoms. The molecular formula is C16H20FN3OS. The zero-order valence-electron chi connectivity index (χ0n) is 13.0. The standard InChI is InChI=1S/C16H20FN3OS/c1-4-12-10-19-16(22-3)20-15(12)18-9-11-6-7-14(21-5-2)13(17)8-11/h6-8,10H,4-5,9H2,1-3H3,(H,18,19,20). The number of rotatable bonds is 7. The van der Waals surface area contributed by atoms with Gasteiger partial charge in [-0.25, -0.2) is 14.4 Å². The highest BCUT2D eigenvalue weighted by Crippen LogP contribution is 2.21. The van der Waals surface area contributed by atoms with Crippen LogP contribution < -0.4 is 10.1 Å². The Bertz CT molecular complexity index is 637. The molecule has 0 atom stereocenters. The molecule has 1 N–H and O–H groups in total. The van der Waals surface area contributed by atoms with Gasteiger partial charge in [-0.2, -0.15) is 0 Å². The fourth-order valence-electron chi connectivity index (χ4n) is 2.01. The predicted molar refractivity (Wildman–Crippen MR) is 88.1 cm³/mol. The summed E-state index contributed by atoms with van der Waals surface area (Å²) in [5.41, 5.74) is 1.89. The Hall–Kier alpha value is -1.82. The highest BCUT2D eigenvalue weighted by molar-refractivity contribution is 7.98. The molecular weight excluding hydrogens is 301 g/mol. The summed E-state index contributed by atoms with van der Waals surface area (Å²) in [6.07, 6.45) is 4.61. The molecule has 0 aliphatic heterocycles. The maximum atomic E-state index is 13.8. The number of nitrogens with one attached hydrogen (secondary N) is 1. The van der Waals surface area contributed by atoms with E-state index < -0.39 is 0 Å². The number of thioether (sulfide) groups is 1. The Morgan fingerprint density at radius 2 is 2.14 bits per heavy atom. The molecule has 2 aromatic rings. The van der Waals surface area contributed by atoms with E-state index in [4.69, 9.17) is 4.74 Å². The van der Waals surface area contributed by atoms with Crippen LogP contribution in [0.5, 0.6) is 5.75 Å². The van der Waals surface area contributed by atoms with Crippen LogP contribution in [0.1, 0.15) is 25.0 Å². The lowest BCUT2D eigenvalue weighted by molar-refractivity contribution is 0.321. The molecule has 1 aromatic carbocycles. The number of hydrogen-bond acceptors (Lipinski definition) is 5. The molecule has 0 amide bonds. The summed E-state index contributed by atoms with van der Waals surface area (Å²) in [5.74, 6) is 0.743. The summed E-state index contributed by atoms with van der Waals surface area (Å²) >= 11 is 1.49. The van der Waals surface area contributed by atoms with E-state index in [0.29, 0.717) is 13.2 Å². The van der Waals surface area contributed by atoms with Crippen molar-refractivity contribution in [1.29, 1.82) is 0 Å². The van der Waals surface area contributed by atoms with Crippen molar-refractivity contribution in [2.45, 2.75) is 32.0 Å². The van der Waals surface area contributed by atoms with Gasteiger partial charge in [-0.1, -0.05) is 24.8 Å². The number of benzene rings is 1. The zero-order chi connectivity index (χ0) is 15.9. The van der Waals surface area contributed by atoms with Crippen molar-refractivity contribution in [3.63, 3.8) is 0 Å². The van der Waals surface area contributed by atoms with Crippen LogP contribution >= 0.6 is 11.8 Å². The number of aromatic nitrogens is 2. The molecule has 0 aliphatic carbocycles. The molecule has 22 heavy (non-hydrogen) atoms. The Morgan fingerprint density at radius 3 is 2.77 bits per heavy atom. The lowest BCUT2D eigenvalue weighted by atomic mass is 10.2. The van der Waals surface area contributed by atoms with Crippen molar-refractivity contribution in [1.82, 2.24) is 9.97 Å². The second-order valence-electron chi connectivity index (χ2n) is 4.64. The monoisotopic (exact) mass is 321 g/mol. The van der Waals surface area contributed by atoms with Crippen molar-refractivity contribution < 1.29 is 9.13 Å². The maximum Gasteiger partial charge on any atom is 0.189 e. The number of aryl methyl sites for hydroxylation is 1. The number of nitrogens with zero attached hydrogens (tertiary/aromatic N) is 2. The van der Waals surface area contributed by atoms with E-state index in [1.165, 1.54) is 17.8 Å². The predicted octanol–water partition coefficient (Wildman–Crippen LogP) is 3.91. The van der Waals surface area contributed by atoms with E-state index in [1.54, 1.807) is 6.07 Å². The minimum absolute atomic E-state index is 0.284. The molecule has 1 aromatic heterocycles. The third-order valence-corrected chi connectivity index (χ3v) is 3.72. The molecule has 1 heterocycles. The van der Waals surface area contributed by atoms with Crippen LogP contribution in [0.15, 0.2) is 29.6 Å². The molecule has 0 spiro atoms. The van der Waals surface area contributed by atoms with E-state index in [-0.39, 0.29) is 11.6 Å². The van der Waals surface area contributed by atoms with Crippen molar-refractivity contribution in [2.75, 3.05) is 18.2 Å². The maximum absolute atomic E-state index is 13.8. The molecule has 0 unspecified atom stereocenters. The largest absolute Gasteiger partial charge is 0.491 e. The van der Waals surface area contributed by atoms with Gasteiger partial charge in [-0.15, -0.1) is 0 Å². The summed E-state index contributed by atoms with van der Waals surface area (Å²) in [5, 5.41) is 3.98. The van der Waals surface area contributed by atoms with Crippen molar-refractivity contribution in [3.8, 4) is 5.75 Å². The normalized spacial score (nSPS) is 10.5. The number of halogens is 1. The van der Waals surface area contributed by atoms with Gasteiger partial charge < -0.3 is 10.1 Å². The fourth-order valence-corrected chi connectivity index (χ4v) is 2.35. The first-order valence-corrected chi connectivity index (χ1v) is 8.45. The zero-order valence-corrected chi connectivity index (χ0v) is 13.8. The summed E-state index contributed by atoms with van der Waals surface area (Å²) in [4.78, 5) is 8.73. The topological polar surface area (TPSA) is 47.0 Å². The molecule has 2 rings (SSSR count). The number of anilines is 1. The van der Waals surface area contributed by atoms with E-state index in [2.05, 4.69) is 22.2 Å². The second kappa shape index (κ2) is 7.98. The van der Waals surface area contributed by atoms with Crippen molar-refractivity contribution >= 4 is 17.6 Å². The summed E-state index contributed by atoms with van der Waals surface area (Å²) < 4.78 is 19.0. The molecule has 0 fully saturated rings. The summed E-state index contributed by atoms with van der Waals surface area (Å²) in [6, 6.07) is 4.99. The Labute approximate surface area is 134 Å².